The number of methoxy groups -OCH3 is 1. The zero-order valence-electron chi connectivity index (χ0n) is 12.3. The van der Waals surface area contributed by atoms with E-state index in [1.165, 1.54) is 45.3 Å². The van der Waals surface area contributed by atoms with Crippen LogP contribution >= 0.6 is 0 Å². The van der Waals surface area contributed by atoms with Gasteiger partial charge in [-0.1, -0.05) is 13.8 Å². The summed E-state index contributed by atoms with van der Waals surface area (Å²) in [6.45, 7) is 9.24. The first-order valence-electron chi connectivity index (χ1n) is 7.67. The van der Waals surface area contributed by atoms with E-state index in [1.807, 2.05) is 7.11 Å². The smallest absolute Gasteiger partial charge is 0.0620 e. The van der Waals surface area contributed by atoms with Crippen LogP contribution in [0, 0.1) is 11.8 Å². The summed E-state index contributed by atoms with van der Waals surface area (Å²) in [6.07, 6.45) is 5.54. The number of piperidine rings is 1. The van der Waals surface area contributed by atoms with E-state index in [4.69, 9.17) is 4.74 Å². The lowest BCUT2D eigenvalue weighted by Gasteiger charge is -2.37. The molecule has 0 radical (unpaired) electrons. The van der Waals surface area contributed by atoms with Crippen molar-refractivity contribution < 1.29 is 4.74 Å². The van der Waals surface area contributed by atoms with Gasteiger partial charge in [0.05, 0.1) is 6.61 Å². The van der Waals surface area contributed by atoms with E-state index in [0.29, 0.717) is 12.0 Å². The normalized spacial score (nSPS) is 26.8. The van der Waals surface area contributed by atoms with E-state index in [0.717, 1.165) is 18.6 Å². The highest BCUT2D eigenvalue weighted by Crippen LogP contribution is 2.32. The topological polar surface area (TPSA) is 24.5 Å². The highest BCUT2D eigenvalue weighted by atomic mass is 16.5. The highest BCUT2D eigenvalue weighted by molar-refractivity contribution is 4.91. The number of nitrogens with one attached hydrogen (secondary N) is 1. The van der Waals surface area contributed by atoms with Crippen LogP contribution in [-0.2, 0) is 4.74 Å². The van der Waals surface area contributed by atoms with Crippen molar-refractivity contribution in [1.82, 2.24) is 10.2 Å². The molecule has 1 heterocycles. The fourth-order valence-electron chi connectivity index (χ4n) is 3.18. The van der Waals surface area contributed by atoms with E-state index in [-0.39, 0.29) is 0 Å². The maximum absolute atomic E-state index is 5.46. The Morgan fingerprint density at radius 1 is 1.28 bits per heavy atom. The third-order valence-electron chi connectivity index (χ3n) is 4.42. The third-order valence-corrected chi connectivity index (χ3v) is 4.42. The summed E-state index contributed by atoms with van der Waals surface area (Å²) in [5.41, 5.74) is 0. The Labute approximate surface area is 112 Å². The number of nitrogens with zero attached hydrogens (tertiary/aromatic N) is 1. The molecular weight excluding hydrogens is 224 g/mol. The van der Waals surface area contributed by atoms with Crippen LogP contribution in [0.1, 0.15) is 39.5 Å². The first-order chi connectivity index (χ1) is 8.72. The number of ether oxygens (including phenoxy) is 1. The van der Waals surface area contributed by atoms with E-state index in [9.17, 15) is 0 Å². The lowest BCUT2D eigenvalue weighted by atomic mass is 9.96. The second kappa shape index (κ2) is 6.88. The molecule has 1 aliphatic heterocycles. The lowest BCUT2D eigenvalue weighted by molar-refractivity contribution is 0.0456. The highest BCUT2D eigenvalue weighted by Gasteiger charge is 2.36. The van der Waals surface area contributed by atoms with Crippen molar-refractivity contribution in [2.75, 3.05) is 33.4 Å². The molecule has 2 rings (SSSR count). The molecule has 3 nitrogen and oxygen atoms in total. The van der Waals surface area contributed by atoms with Gasteiger partial charge in [-0.05, 0) is 50.6 Å². The molecule has 2 aliphatic rings. The predicted molar refractivity (Wildman–Crippen MR) is 75.8 cm³/mol. The van der Waals surface area contributed by atoms with Gasteiger partial charge in [0.2, 0.25) is 0 Å². The van der Waals surface area contributed by atoms with E-state index >= 15 is 0 Å². The van der Waals surface area contributed by atoms with Crippen molar-refractivity contribution in [1.29, 1.82) is 0 Å². The lowest BCUT2D eigenvalue weighted by Crippen LogP contribution is -2.48. The average molecular weight is 254 g/mol. The minimum atomic E-state index is 0.601. The summed E-state index contributed by atoms with van der Waals surface area (Å²) in [7, 11) is 1.84. The van der Waals surface area contributed by atoms with Crippen molar-refractivity contribution in [2.45, 2.75) is 51.6 Å². The quantitative estimate of drug-likeness (QED) is 0.753. The molecule has 18 heavy (non-hydrogen) atoms. The molecule has 3 heteroatoms. The second-order valence-corrected chi connectivity index (χ2v) is 6.41. The molecule has 1 saturated carbocycles. The zero-order valence-corrected chi connectivity index (χ0v) is 12.3. The van der Waals surface area contributed by atoms with Crippen molar-refractivity contribution in [3.8, 4) is 0 Å². The van der Waals surface area contributed by atoms with Crippen LogP contribution in [0.4, 0.5) is 0 Å². The molecule has 2 unspecified atom stereocenters. The molecular formula is C15H30N2O. The Morgan fingerprint density at radius 3 is 2.56 bits per heavy atom. The summed E-state index contributed by atoms with van der Waals surface area (Å²) < 4.78 is 5.46. The Hall–Kier alpha value is -0.120. The molecule has 1 saturated heterocycles. The standard InChI is InChI=1S/C15H30N2O/c1-12(2)15(11-18-3)17(14-6-7-14)10-13-5-4-8-16-9-13/h12-16H,4-11H2,1-3H3. The zero-order chi connectivity index (χ0) is 13.0. The molecule has 1 aliphatic carbocycles. The largest absolute Gasteiger partial charge is 0.383 e. The molecule has 106 valence electrons. The Kier molecular flexibility index (Phi) is 5.46. The van der Waals surface area contributed by atoms with Gasteiger partial charge < -0.3 is 10.1 Å². The van der Waals surface area contributed by atoms with Gasteiger partial charge in [0.25, 0.3) is 0 Å². The monoisotopic (exact) mass is 254 g/mol. The Balaban J connectivity index is 1.92. The summed E-state index contributed by atoms with van der Waals surface area (Å²) in [6, 6.07) is 1.44. The van der Waals surface area contributed by atoms with Crippen LogP contribution < -0.4 is 5.32 Å². The van der Waals surface area contributed by atoms with Crippen LogP contribution in [0.5, 0.6) is 0 Å². The fraction of sp³-hybridized carbons (Fsp3) is 1.00. The SMILES string of the molecule is COCC(C(C)C)N(CC1CCCNC1)C1CC1. The predicted octanol–water partition coefficient (Wildman–Crippen LogP) is 2.12. The van der Waals surface area contributed by atoms with E-state index in [2.05, 4.69) is 24.1 Å². The number of hydrogen-bond donors (Lipinski definition) is 1. The van der Waals surface area contributed by atoms with Gasteiger partial charge in [-0.15, -0.1) is 0 Å². The van der Waals surface area contributed by atoms with Gasteiger partial charge in [0.15, 0.2) is 0 Å². The van der Waals surface area contributed by atoms with Gasteiger partial charge in [-0.2, -0.15) is 0 Å². The average Bonchev–Trinajstić information content (AvgIpc) is 3.19. The maximum atomic E-state index is 5.46. The van der Waals surface area contributed by atoms with Crippen molar-refractivity contribution in [2.24, 2.45) is 11.8 Å². The summed E-state index contributed by atoms with van der Waals surface area (Å²) >= 11 is 0. The summed E-state index contributed by atoms with van der Waals surface area (Å²) in [4.78, 5) is 2.76. The molecule has 0 aromatic carbocycles. The summed E-state index contributed by atoms with van der Waals surface area (Å²) in [5, 5.41) is 3.54. The Morgan fingerprint density at radius 2 is 2.06 bits per heavy atom. The molecule has 0 amide bonds. The van der Waals surface area contributed by atoms with Crippen LogP contribution in [0.25, 0.3) is 0 Å². The van der Waals surface area contributed by atoms with Gasteiger partial charge in [-0.25, -0.2) is 0 Å². The van der Waals surface area contributed by atoms with Crippen LogP contribution in [0.3, 0.4) is 0 Å². The van der Waals surface area contributed by atoms with Crippen LogP contribution in [0.15, 0.2) is 0 Å². The Bertz CT molecular complexity index is 235. The second-order valence-electron chi connectivity index (χ2n) is 6.41. The molecule has 0 aromatic rings. The molecule has 0 bridgehead atoms. The van der Waals surface area contributed by atoms with Crippen LogP contribution in [0.2, 0.25) is 0 Å². The molecule has 0 aromatic heterocycles. The first kappa shape index (κ1) is 14.3. The maximum Gasteiger partial charge on any atom is 0.0620 e. The van der Waals surface area contributed by atoms with Crippen molar-refractivity contribution in [3.05, 3.63) is 0 Å². The number of rotatable bonds is 7. The van der Waals surface area contributed by atoms with Gasteiger partial charge in [-0.3, -0.25) is 4.90 Å². The van der Waals surface area contributed by atoms with Crippen molar-refractivity contribution in [3.63, 3.8) is 0 Å². The first-order valence-corrected chi connectivity index (χ1v) is 7.67. The van der Waals surface area contributed by atoms with Gasteiger partial charge in [0.1, 0.15) is 0 Å². The molecule has 2 fully saturated rings. The molecule has 0 spiro atoms. The number of hydrogen-bond acceptors (Lipinski definition) is 3. The molecule has 2 atom stereocenters. The fourth-order valence-corrected chi connectivity index (χ4v) is 3.18. The van der Waals surface area contributed by atoms with Crippen molar-refractivity contribution >= 4 is 0 Å². The van der Waals surface area contributed by atoms with E-state index < -0.39 is 0 Å². The minimum Gasteiger partial charge on any atom is -0.383 e. The van der Waals surface area contributed by atoms with Crippen LogP contribution in [-0.4, -0.2) is 50.3 Å². The van der Waals surface area contributed by atoms with Gasteiger partial charge >= 0.3 is 0 Å². The third kappa shape index (κ3) is 3.94. The summed E-state index contributed by atoms with van der Waals surface area (Å²) in [5.74, 6) is 1.53. The molecule has 1 N–H and O–H groups in total. The van der Waals surface area contributed by atoms with E-state index in [1.54, 1.807) is 0 Å². The minimum absolute atomic E-state index is 0.601. The van der Waals surface area contributed by atoms with Gasteiger partial charge in [0, 0.05) is 25.7 Å².